The van der Waals surface area contributed by atoms with Gasteiger partial charge in [-0.3, -0.25) is 4.90 Å². The summed E-state index contributed by atoms with van der Waals surface area (Å²) in [5, 5.41) is 21.5. The van der Waals surface area contributed by atoms with Crippen molar-refractivity contribution in [2.45, 2.75) is 13.3 Å². The Balaban J connectivity index is 0.000000261. The Kier molecular flexibility index (Phi) is 5.56. The highest BCUT2D eigenvalue weighted by molar-refractivity contribution is 6.30. The fraction of sp³-hybridized carbons (Fsp3) is 0.500. The molecule has 0 fully saturated rings. The van der Waals surface area contributed by atoms with Gasteiger partial charge in [-0.1, -0.05) is 6.92 Å². The zero-order valence-electron chi connectivity index (χ0n) is 7.23. The lowest BCUT2D eigenvalue weighted by atomic mass is 10.3. The summed E-state index contributed by atoms with van der Waals surface area (Å²) in [6, 6.07) is 0. The van der Waals surface area contributed by atoms with Crippen molar-refractivity contribution in [2.75, 3.05) is 7.05 Å². The highest BCUT2D eigenvalue weighted by Gasteiger charge is 2.09. The third kappa shape index (κ3) is 5.03. The molecule has 0 aromatic rings. The number of aliphatic imine (C=N–C) groups is 1. The molecule has 4 N–H and O–H groups in total. The Morgan fingerprint density at radius 1 is 1.50 bits per heavy atom. The van der Waals surface area contributed by atoms with Gasteiger partial charge in [0, 0.05) is 6.42 Å². The van der Waals surface area contributed by atoms with E-state index in [0.29, 0.717) is 0 Å². The minimum atomic E-state index is -2.17. The average molecular weight is 173 g/mol. The van der Waals surface area contributed by atoms with E-state index in [1.807, 2.05) is 12.4 Å². The monoisotopic (exact) mass is 173 g/mol. The van der Waals surface area contributed by atoms with E-state index < -0.39 is 7.32 Å². The normalized spacial score (nSPS) is 19.8. The molecule has 0 aromatic carbocycles. The fourth-order valence-electron chi connectivity index (χ4n) is 0.807. The van der Waals surface area contributed by atoms with Gasteiger partial charge in [0.25, 0.3) is 0 Å². The summed E-state index contributed by atoms with van der Waals surface area (Å²) in [7, 11) is -0.0775. The first-order valence-electron chi connectivity index (χ1n) is 3.69. The highest BCUT2D eigenvalue weighted by Crippen LogP contribution is 1.83. The molecule has 0 amide bonds. The molecule has 6 heteroatoms. The Morgan fingerprint density at radius 2 is 2.00 bits per heavy atom. The quantitative estimate of drug-likeness (QED) is 0.338. The van der Waals surface area contributed by atoms with E-state index in [4.69, 9.17) is 15.1 Å². The zero-order valence-corrected chi connectivity index (χ0v) is 7.23. The molecule has 1 heterocycles. The summed E-state index contributed by atoms with van der Waals surface area (Å²) in [5.41, 5.74) is 0. The predicted octanol–water partition coefficient (Wildman–Crippen LogP) is -2.26. The van der Waals surface area contributed by atoms with Crippen LogP contribution in [0.5, 0.6) is 0 Å². The average Bonchev–Trinajstić information content (AvgIpc) is 2.33. The molecule has 1 atom stereocenters. The maximum Gasteiger partial charge on any atom is 0.631 e. The molecule has 1 aliphatic heterocycles. The molecule has 0 aromatic heterocycles. The van der Waals surface area contributed by atoms with Crippen LogP contribution >= 0.6 is 0 Å². The SMILES string of the molecule is CCC1=NC=C[NH+]1C.OB(O)O. The number of nitrogens with one attached hydrogen (secondary N) is 1. The van der Waals surface area contributed by atoms with Gasteiger partial charge in [0.15, 0.2) is 0 Å². The molecule has 0 spiro atoms. The van der Waals surface area contributed by atoms with Crippen LogP contribution in [0, 0.1) is 0 Å². The number of hydrogen-bond donors (Lipinski definition) is 4. The minimum Gasteiger partial charge on any atom is -0.402 e. The van der Waals surface area contributed by atoms with E-state index in [1.54, 1.807) is 0 Å². The van der Waals surface area contributed by atoms with Crippen molar-refractivity contribution >= 4 is 13.2 Å². The molecule has 0 saturated carbocycles. The van der Waals surface area contributed by atoms with E-state index in [-0.39, 0.29) is 0 Å². The van der Waals surface area contributed by atoms with Crippen LogP contribution < -0.4 is 4.90 Å². The molecule has 12 heavy (non-hydrogen) atoms. The van der Waals surface area contributed by atoms with E-state index in [9.17, 15) is 0 Å². The lowest BCUT2D eigenvalue weighted by Gasteiger charge is -2.00. The Hall–Kier alpha value is -0.685. The number of hydrogen-bond acceptors (Lipinski definition) is 4. The summed E-state index contributed by atoms with van der Waals surface area (Å²) in [5.74, 6) is 1.23. The van der Waals surface area contributed by atoms with E-state index in [0.717, 1.165) is 6.42 Å². The van der Waals surface area contributed by atoms with E-state index >= 15 is 0 Å². The molecule has 5 nitrogen and oxygen atoms in total. The summed E-state index contributed by atoms with van der Waals surface area (Å²) >= 11 is 0. The van der Waals surface area contributed by atoms with Gasteiger partial charge < -0.3 is 15.1 Å². The lowest BCUT2D eigenvalue weighted by molar-refractivity contribution is -0.719. The van der Waals surface area contributed by atoms with Crippen LogP contribution in [0.3, 0.4) is 0 Å². The zero-order chi connectivity index (χ0) is 9.56. The Morgan fingerprint density at radius 3 is 2.17 bits per heavy atom. The van der Waals surface area contributed by atoms with E-state index in [2.05, 4.69) is 19.0 Å². The van der Waals surface area contributed by atoms with Crippen LogP contribution in [0.1, 0.15) is 13.3 Å². The molecule has 0 saturated heterocycles. The maximum atomic E-state index is 7.17. The van der Waals surface area contributed by atoms with Gasteiger partial charge in [-0.05, 0) is 0 Å². The molecule has 0 radical (unpaired) electrons. The summed E-state index contributed by atoms with van der Waals surface area (Å²) in [4.78, 5) is 5.45. The Bertz CT molecular complexity index is 179. The summed E-state index contributed by atoms with van der Waals surface area (Å²) in [6.07, 6.45) is 4.95. The summed E-state index contributed by atoms with van der Waals surface area (Å²) in [6.45, 7) is 2.12. The lowest BCUT2D eigenvalue weighted by Crippen LogP contribution is -3.06. The van der Waals surface area contributed by atoms with Crippen molar-refractivity contribution in [1.82, 2.24) is 0 Å². The van der Waals surface area contributed by atoms with Crippen LogP contribution in [0.15, 0.2) is 17.4 Å². The molecule has 68 valence electrons. The van der Waals surface area contributed by atoms with E-state index in [1.165, 1.54) is 10.7 Å². The van der Waals surface area contributed by atoms with Crippen LogP contribution in [0.2, 0.25) is 0 Å². The number of amidine groups is 1. The number of nitrogens with zero attached hydrogens (tertiary/aromatic N) is 1. The second-order valence-electron chi connectivity index (χ2n) is 2.27. The largest absolute Gasteiger partial charge is 0.631 e. The summed E-state index contributed by atoms with van der Waals surface area (Å²) < 4.78 is 0. The van der Waals surface area contributed by atoms with Crippen molar-refractivity contribution in [2.24, 2.45) is 4.99 Å². The van der Waals surface area contributed by atoms with Crippen LogP contribution in [-0.2, 0) is 0 Å². The van der Waals surface area contributed by atoms with Crippen molar-refractivity contribution < 1.29 is 20.0 Å². The Labute approximate surface area is 71.8 Å². The first kappa shape index (κ1) is 11.3. The molecular weight excluding hydrogens is 159 g/mol. The van der Waals surface area contributed by atoms with Gasteiger partial charge in [-0.2, -0.15) is 0 Å². The minimum absolute atomic E-state index is 1.05. The second kappa shape index (κ2) is 5.90. The van der Waals surface area contributed by atoms with Gasteiger partial charge in [0.05, 0.1) is 13.2 Å². The number of quaternary nitrogens is 1. The van der Waals surface area contributed by atoms with Crippen molar-refractivity contribution in [1.29, 1.82) is 0 Å². The molecular formula is C6H14BN2O3+. The molecule has 0 aliphatic carbocycles. The molecule has 1 aliphatic rings. The van der Waals surface area contributed by atoms with Gasteiger partial charge in [0.2, 0.25) is 5.84 Å². The highest BCUT2D eigenvalue weighted by atomic mass is 16.5. The smallest absolute Gasteiger partial charge is 0.402 e. The number of rotatable bonds is 1. The third-order valence-corrected chi connectivity index (χ3v) is 1.34. The van der Waals surface area contributed by atoms with Crippen molar-refractivity contribution in [3.8, 4) is 0 Å². The molecule has 0 bridgehead atoms. The van der Waals surface area contributed by atoms with Crippen molar-refractivity contribution in [3.05, 3.63) is 12.4 Å². The molecule has 1 rings (SSSR count). The van der Waals surface area contributed by atoms with Crippen molar-refractivity contribution in [3.63, 3.8) is 0 Å². The van der Waals surface area contributed by atoms with Gasteiger partial charge in [-0.25, -0.2) is 4.99 Å². The standard InChI is InChI=1S/C6H10N2.BH3O3/c1-3-6-7-4-5-8(6)2;2-1(3)4/h4-5H,3H2,1-2H3;2-4H/p+1. The first-order chi connectivity index (χ1) is 5.57. The van der Waals surface area contributed by atoms with Gasteiger partial charge in [0.1, 0.15) is 6.20 Å². The predicted molar refractivity (Wildman–Crippen MR) is 46.2 cm³/mol. The first-order valence-corrected chi connectivity index (χ1v) is 3.69. The van der Waals surface area contributed by atoms with Gasteiger partial charge >= 0.3 is 7.32 Å². The maximum absolute atomic E-state index is 7.17. The second-order valence-corrected chi connectivity index (χ2v) is 2.27. The topological polar surface area (TPSA) is 77.5 Å². The third-order valence-electron chi connectivity index (χ3n) is 1.34. The van der Waals surface area contributed by atoms with Crippen LogP contribution in [-0.4, -0.2) is 35.3 Å². The van der Waals surface area contributed by atoms with Crippen LogP contribution in [0.25, 0.3) is 0 Å². The fourth-order valence-corrected chi connectivity index (χ4v) is 0.807. The van der Waals surface area contributed by atoms with Gasteiger partial charge in [-0.15, -0.1) is 0 Å². The molecule has 1 unspecified atom stereocenters. The van der Waals surface area contributed by atoms with Crippen LogP contribution in [0.4, 0.5) is 0 Å².